The quantitative estimate of drug-likeness (QED) is 0.786. The van der Waals surface area contributed by atoms with Crippen LogP contribution < -0.4 is 0 Å². The van der Waals surface area contributed by atoms with E-state index in [4.69, 9.17) is 9.47 Å². The van der Waals surface area contributed by atoms with Crippen LogP contribution in [0, 0.1) is 0 Å². The van der Waals surface area contributed by atoms with Gasteiger partial charge in [-0.2, -0.15) is 17.0 Å². The molecular formula is C15H23N3O4S. The van der Waals surface area contributed by atoms with E-state index in [1.165, 1.54) is 8.61 Å². The van der Waals surface area contributed by atoms with Crippen LogP contribution in [0.2, 0.25) is 0 Å². The van der Waals surface area contributed by atoms with Gasteiger partial charge >= 0.3 is 0 Å². The number of hydrogen-bond donors (Lipinski definition) is 0. The summed E-state index contributed by atoms with van der Waals surface area (Å²) in [6.07, 6.45) is 3.16. The molecule has 0 radical (unpaired) electrons. The molecule has 8 heteroatoms. The molecule has 3 heterocycles. The van der Waals surface area contributed by atoms with Crippen molar-refractivity contribution in [1.29, 1.82) is 0 Å². The first-order valence-corrected chi connectivity index (χ1v) is 9.14. The van der Waals surface area contributed by atoms with E-state index in [2.05, 4.69) is 4.98 Å². The molecule has 0 N–H and O–H groups in total. The first-order valence-electron chi connectivity index (χ1n) is 7.74. The van der Waals surface area contributed by atoms with Gasteiger partial charge in [-0.3, -0.25) is 4.98 Å². The fourth-order valence-electron chi connectivity index (χ4n) is 3.12. The van der Waals surface area contributed by atoms with E-state index >= 15 is 0 Å². The van der Waals surface area contributed by atoms with Crippen molar-refractivity contribution >= 4 is 10.2 Å². The molecule has 2 aliphatic rings. The minimum Gasteiger partial charge on any atom is -0.371 e. The third kappa shape index (κ3) is 3.56. The summed E-state index contributed by atoms with van der Waals surface area (Å²) in [4.78, 5) is 4.23. The zero-order valence-corrected chi connectivity index (χ0v) is 14.3. The second-order valence-corrected chi connectivity index (χ2v) is 8.47. The highest BCUT2D eigenvalue weighted by Crippen LogP contribution is 2.37. The lowest BCUT2D eigenvalue weighted by Gasteiger charge is -2.24. The minimum atomic E-state index is -3.38. The number of nitrogens with zero attached hydrogens (tertiary/aromatic N) is 3. The fourth-order valence-corrected chi connectivity index (χ4v) is 4.30. The summed E-state index contributed by atoms with van der Waals surface area (Å²) in [5.74, 6) is 0. The lowest BCUT2D eigenvalue weighted by molar-refractivity contribution is 0.00218. The fraction of sp³-hybridized carbons (Fsp3) is 0.667. The first-order chi connectivity index (χ1) is 10.9. The van der Waals surface area contributed by atoms with E-state index in [1.807, 2.05) is 18.2 Å². The van der Waals surface area contributed by atoms with Gasteiger partial charge in [-0.1, -0.05) is 6.07 Å². The van der Waals surface area contributed by atoms with Crippen LogP contribution in [0.1, 0.15) is 18.5 Å². The van der Waals surface area contributed by atoms with Gasteiger partial charge in [-0.25, -0.2) is 0 Å². The molecule has 3 rings (SSSR count). The van der Waals surface area contributed by atoms with Gasteiger partial charge < -0.3 is 9.47 Å². The maximum absolute atomic E-state index is 12.2. The van der Waals surface area contributed by atoms with E-state index < -0.39 is 15.8 Å². The SMILES string of the molecule is CN(C)S(=O)(=O)N1CC[C@@]2(C[C@H](OCc3ccccn3)CO2)C1. The van der Waals surface area contributed by atoms with Crippen molar-refractivity contribution in [2.45, 2.75) is 31.2 Å². The summed E-state index contributed by atoms with van der Waals surface area (Å²) in [7, 11) is -0.277. The number of rotatable bonds is 5. The van der Waals surface area contributed by atoms with Crippen LogP contribution in [0.4, 0.5) is 0 Å². The summed E-state index contributed by atoms with van der Waals surface area (Å²) in [6.45, 7) is 1.85. The van der Waals surface area contributed by atoms with Crippen LogP contribution in [0.3, 0.4) is 0 Å². The van der Waals surface area contributed by atoms with Crippen molar-refractivity contribution in [1.82, 2.24) is 13.6 Å². The van der Waals surface area contributed by atoms with Gasteiger partial charge in [0.05, 0.1) is 30.6 Å². The molecule has 0 aliphatic carbocycles. The molecule has 1 spiro atoms. The summed E-state index contributed by atoms with van der Waals surface area (Å²) < 4.78 is 39.0. The van der Waals surface area contributed by atoms with E-state index in [1.54, 1.807) is 20.3 Å². The van der Waals surface area contributed by atoms with E-state index in [0.717, 1.165) is 12.1 Å². The summed E-state index contributed by atoms with van der Waals surface area (Å²) >= 11 is 0. The average Bonchev–Trinajstić information content (AvgIpc) is 3.14. The summed E-state index contributed by atoms with van der Waals surface area (Å²) in [6, 6.07) is 5.72. The Hall–Kier alpha value is -1.06. The molecule has 1 aromatic heterocycles. The number of ether oxygens (including phenoxy) is 2. The molecule has 0 bridgehead atoms. The molecule has 0 unspecified atom stereocenters. The molecule has 23 heavy (non-hydrogen) atoms. The van der Waals surface area contributed by atoms with E-state index in [9.17, 15) is 8.42 Å². The molecule has 7 nitrogen and oxygen atoms in total. The minimum absolute atomic E-state index is 0.0148. The Bertz CT molecular complexity index is 637. The largest absolute Gasteiger partial charge is 0.371 e. The van der Waals surface area contributed by atoms with Crippen molar-refractivity contribution in [3.05, 3.63) is 30.1 Å². The lowest BCUT2D eigenvalue weighted by atomic mass is 9.98. The molecule has 2 fully saturated rings. The van der Waals surface area contributed by atoms with Gasteiger partial charge in [-0.05, 0) is 18.6 Å². The van der Waals surface area contributed by atoms with Crippen molar-refractivity contribution in [2.24, 2.45) is 0 Å². The lowest BCUT2D eigenvalue weighted by Crippen LogP contribution is -2.41. The van der Waals surface area contributed by atoms with Crippen LogP contribution in [0.15, 0.2) is 24.4 Å². The predicted molar refractivity (Wildman–Crippen MR) is 84.9 cm³/mol. The first kappa shape index (κ1) is 16.8. The highest BCUT2D eigenvalue weighted by Gasteiger charge is 2.49. The van der Waals surface area contributed by atoms with Gasteiger partial charge in [0.15, 0.2) is 0 Å². The zero-order valence-electron chi connectivity index (χ0n) is 13.5. The van der Waals surface area contributed by atoms with Crippen LogP contribution in [0.25, 0.3) is 0 Å². The van der Waals surface area contributed by atoms with Crippen molar-refractivity contribution in [3.63, 3.8) is 0 Å². The molecule has 0 saturated carbocycles. The van der Waals surface area contributed by atoms with Gasteiger partial charge in [-0.15, -0.1) is 0 Å². The van der Waals surface area contributed by atoms with Crippen LogP contribution in [-0.2, 0) is 26.3 Å². The Morgan fingerprint density at radius 1 is 1.48 bits per heavy atom. The Morgan fingerprint density at radius 3 is 3.00 bits per heavy atom. The third-order valence-corrected chi connectivity index (χ3v) is 6.32. The number of pyridine rings is 1. The molecule has 2 atom stereocenters. The van der Waals surface area contributed by atoms with Gasteiger partial charge in [0.25, 0.3) is 10.2 Å². The molecule has 0 aromatic carbocycles. The van der Waals surface area contributed by atoms with Crippen molar-refractivity contribution < 1.29 is 17.9 Å². The van der Waals surface area contributed by atoms with Crippen LogP contribution >= 0.6 is 0 Å². The Labute approximate surface area is 137 Å². The van der Waals surface area contributed by atoms with Crippen molar-refractivity contribution in [2.75, 3.05) is 33.8 Å². The molecule has 2 saturated heterocycles. The molecule has 0 amide bonds. The highest BCUT2D eigenvalue weighted by molar-refractivity contribution is 7.86. The van der Waals surface area contributed by atoms with Crippen LogP contribution in [0.5, 0.6) is 0 Å². The summed E-state index contributed by atoms with van der Waals surface area (Å²) in [5, 5.41) is 0. The number of aromatic nitrogens is 1. The molecular weight excluding hydrogens is 318 g/mol. The standard InChI is InChI=1S/C15H23N3O4S/c1-17(2)23(19,20)18-8-6-15(12-18)9-14(11-22-15)21-10-13-5-3-4-7-16-13/h3-5,7,14H,6,8-12H2,1-2H3/t14-,15+/m0/s1. The number of hydrogen-bond acceptors (Lipinski definition) is 5. The summed E-state index contributed by atoms with van der Waals surface area (Å²) in [5.41, 5.74) is 0.481. The van der Waals surface area contributed by atoms with Gasteiger partial charge in [0.1, 0.15) is 0 Å². The maximum atomic E-state index is 12.2. The second-order valence-electron chi connectivity index (χ2n) is 6.33. The van der Waals surface area contributed by atoms with Crippen LogP contribution in [-0.4, -0.2) is 67.5 Å². The zero-order chi connectivity index (χ0) is 16.5. The third-order valence-electron chi connectivity index (χ3n) is 4.44. The topological polar surface area (TPSA) is 72.0 Å². The molecule has 128 valence electrons. The maximum Gasteiger partial charge on any atom is 0.281 e. The molecule has 2 aliphatic heterocycles. The smallest absolute Gasteiger partial charge is 0.281 e. The molecule has 1 aromatic rings. The van der Waals surface area contributed by atoms with Gasteiger partial charge in [0.2, 0.25) is 0 Å². The highest BCUT2D eigenvalue weighted by atomic mass is 32.2. The Morgan fingerprint density at radius 2 is 2.30 bits per heavy atom. The van der Waals surface area contributed by atoms with Crippen molar-refractivity contribution in [3.8, 4) is 0 Å². The average molecular weight is 341 g/mol. The Balaban J connectivity index is 1.56. The van der Waals surface area contributed by atoms with E-state index in [-0.39, 0.29) is 6.10 Å². The normalized spacial score (nSPS) is 28.9. The second kappa shape index (κ2) is 6.45. The predicted octanol–water partition coefficient (Wildman–Crippen LogP) is 0.638. The van der Waals surface area contributed by atoms with Gasteiger partial charge in [0, 0.05) is 39.8 Å². The van der Waals surface area contributed by atoms with E-state index in [0.29, 0.717) is 32.7 Å². The Kier molecular flexibility index (Phi) is 4.70. The monoisotopic (exact) mass is 341 g/mol.